The zero-order valence-corrected chi connectivity index (χ0v) is 12.1. The summed E-state index contributed by atoms with van der Waals surface area (Å²) < 4.78 is 32.3. The minimum atomic E-state index is -3.48. The number of sulfonamides is 1. The highest BCUT2D eigenvalue weighted by Gasteiger charge is 2.35. The zero-order chi connectivity index (χ0) is 14.0. The van der Waals surface area contributed by atoms with Gasteiger partial charge < -0.3 is 10.5 Å². The van der Waals surface area contributed by atoms with Crippen molar-refractivity contribution in [3.05, 3.63) is 29.8 Å². The molecule has 1 aliphatic rings. The van der Waals surface area contributed by atoms with Gasteiger partial charge in [-0.15, -0.1) is 0 Å². The average molecular weight is 284 g/mol. The molecule has 1 aliphatic heterocycles. The van der Waals surface area contributed by atoms with E-state index in [0.29, 0.717) is 24.6 Å². The Balaban J connectivity index is 2.32. The van der Waals surface area contributed by atoms with Crippen LogP contribution in [0.4, 0.5) is 0 Å². The van der Waals surface area contributed by atoms with Crippen LogP contribution in [0.25, 0.3) is 0 Å². The molecule has 0 bridgehead atoms. The van der Waals surface area contributed by atoms with Crippen LogP contribution in [-0.2, 0) is 14.8 Å². The molecule has 1 heterocycles. The Bertz CT molecular complexity index is 545. The van der Waals surface area contributed by atoms with Crippen molar-refractivity contribution in [1.29, 1.82) is 0 Å². The maximum absolute atomic E-state index is 12.6. The van der Waals surface area contributed by atoms with Crippen LogP contribution in [0.2, 0.25) is 0 Å². The summed E-state index contributed by atoms with van der Waals surface area (Å²) in [6.07, 6.45) is -0.226. The maximum atomic E-state index is 12.6. The summed E-state index contributed by atoms with van der Waals surface area (Å²) in [5.41, 5.74) is 6.50. The average Bonchev–Trinajstić information content (AvgIpc) is 2.39. The molecular weight excluding hydrogens is 264 g/mol. The lowest BCUT2D eigenvalue weighted by Gasteiger charge is -2.36. The maximum Gasteiger partial charge on any atom is 0.243 e. The minimum absolute atomic E-state index is 0.173. The number of nitrogens with zero attached hydrogens (tertiary/aromatic N) is 1. The normalized spacial score (nSPS) is 25.4. The van der Waals surface area contributed by atoms with Crippen molar-refractivity contribution in [2.75, 3.05) is 19.7 Å². The van der Waals surface area contributed by atoms with Gasteiger partial charge in [-0.25, -0.2) is 8.42 Å². The van der Waals surface area contributed by atoms with Crippen LogP contribution in [0.15, 0.2) is 29.2 Å². The SMILES string of the molecule is Cc1cccc(S(=O)(=O)N2CC(CN)OCC2C)c1. The number of rotatable bonds is 3. The summed E-state index contributed by atoms with van der Waals surface area (Å²) in [6.45, 7) is 4.75. The standard InChI is InChI=1S/C13H20N2O3S/c1-10-4-3-5-13(6-10)19(16,17)15-8-12(7-14)18-9-11(15)2/h3-6,11-12H,7-9,14H2,1-2H3. The number of hydrogen-bond donors (Lipinski definition) is 1. The fourth-order valence-corrected chi connectivity index (χ4v) is 3.93. The van der Waals surface area contributed by atoms with Crippen molar-refractivity contribution in [2.45, 2.75) is 30.9 Å². The van der Waals surface area contributed by atoms with Crippen molar-refractivity contribution in [1.82, 2.24) is 4.31 Å². The molecule has 1 aromatic rings. The highest BCUT2D eigenvalue weighted by molar-refractivity contribution is 7.89. The summed E-state index contributed by atoms with van der Waals surface area (Å²) >= 11 is 0. The van der Waals surface area contributed by atoms with Gasteiger partial charge in [0.05, 0.1) is 17.6 Å². The lowest BCUT2D eigenvalue weighted by molar-refractivity contribution is -0.0219. The first-order valence-electron chi connectivity index (χ1n) is 6.35. The third kappa shape index (κ3) is 2.97. The minimum Gasteiger partial charge on any atom is -0.374 e. The third-order valence-corrected chi connectivity index (χ3v) is 5.28. The lowest BCUT2D eigenvalue weighted by Crippen LogP contribution is -2.52. The van der Waals surface area contributed by atoms with E-state index in [1.807, 2.05) is 19.9 Å². The van der Waals surface area contributed by atoms with Gasteiger partial charge in [-0.1, -0.05) is 12.1 Å². The topological polar surface area (TPSA) is 72.6 Å². The summed E-state index contributed by atoms with van der Waals surface area (Å²) in [7, 11) is -3.48. The summed E-state index contributed by atoms with van der Waals surface area (Å²) in [5, 5.41) is 0. The Hall–Kier alpha value is -0.950. The van der Waals surface area contributed by atoms with Gasteiger partial charge in [0.2, 0.25) is 10.0 Å². The zero-order valence-electron chi connectivity index (χ0n) is 11.2. The van der Waals surface area contributed by atoms with Crippen molar-refractivity contribution >= 4 is 10.0 Å². The van der Waals surface area contributed by atoms with E-state index in [-0.39, 0.29) is 12.1 Å². The summed E-state index contributed by atoms with van der Waals surface area (Å²) in [4.78, 5) is 0.331. The largest absolute Gasteiger partial charge is 0.374 e. The number of benzene rings is 1. The molecule has 0 spiro atoms. The molecule has 0 amide bonds. The smallest absolute Gasteiger partial charge is 0.243 e. The van der Waals surface area contributed by atoms with E-state index < -0.39 is 10.0 Å². The van der Waals surface area contributed by atoms with Crippen molar-refractivity contribution in [3.8, 4) is 0 Å². The summed E-state index contributed by atoms with van der Waals surface area (Å²) in [6, 6.07) is 6.78. The molecule has 1 fully saturated rings. The molecule has 2 N–H and O–H groups in total. The van der Waals surface area contributed by atoms with Gasteiger partial charge in [0.1, 0.15) is 0 Å². The first kappa shape index (κ1) is 14.5. The van der Waals surface area contributed by atoms with Crippen LogP contribution < -0.4 is 5.73 Å². The number of ether oxygens (including phenoxy) is 1. The molecular formula is C13H20N2O3S. The quantitative estimate of drug-likeness (QED) is 0.888. The van der Waals surface area contributed by atoms with Gasteiger partial charge in [0.15, 0.2) is 0 Å². The van der Waals surface area contributed by atoms with Crippen LogP contribution in [0.1, 0.15) is 12.5 Å². The first-order valence-corrected chi connectivity index (χ1v) is 7.79. The van der Waals surface area contributed by atoms with Gasteiger partial charge in [0, 0.05) is 19.1 Å². The van der Waals surface area contributed by atoms with Crippen LogP contribution in [0.3, 0.4) is 0 Å². The molecule has 1 aromatic carbocycles. The first-order chi connectivity index (χ1) is 8.95. The highest BCUT2D eigenvalue weighted by Crippen LogP contribution is 2.22. The molecule has 106 valence electrons. The summed E-state index contributed by atoms with van der Waals surface area (Å²) in [5.74, 6) is 0. The van der Waals surface area contributed by atoms with Crippen LogP contribution >= 0.6 is 0 Å². The highest BCUT2D eigenvalue weighted by atomic mass is 32.2. The lowest BCUT2D eigenvalue weighted by atomic mass is 10.2. The van der Waals surface area contributed by atoms with E-state index in [2.05, 4.69) is 0 Å². The molecule has 2 rings (SSSR count). The van der Waals surface area contributed by atoms with Gasteiger partial charge >= 0.3 is 0 Å². The van der Waals surface area contributed by atoms with E-state index in [1.165, 1.54) is 4.31 Å². The molecule has 1 saturated heterocycles. The predicted molar refractivity (Wildman–Crippen MR) is 73.3 cm³/mol. The van der Waals surface area contributed by atoms with Gasteiger partial charge in [0.25, 0.3) is 0 Å². The fraction of sp³-hybridized carbons (Fsp3) is 0.538. The number of hydrogen-bond acceptors (Lipinski definition) is 4. The molecule has 5 nitrogen and oxygen atoms in total. The molecule has 0 radical (unpaired) electrons. The van der Waals surface area contributed by atoms with E-state index in [4.69, 9.17) is 10.5 Å². The second-order valence-electron chi connectivity index (χ2n) is 4.93. The van der Waals surface area contributed by atoms with Gasteiger partial charge in [-0.05, 0) is 31.5 Å². The Morgan fingerprint density at radius 1 is 1.47 bits per heavy atom. The Morgan fingerprint density at radius 3 is 2.84 bits per heavy atom. The third-order valence-electron chi connectivity index (χ3n) is 3.31. The Morgan fingerprint density at radius 2 is 2.21 bits per heavy atom. The van der Waals surface area contributed by atoms with E-state index >= 15 is 0 Å². The molecule has 0 aromatic heterocycles. The molecule has 6 heteroatoms. The molecule has 0 saturated carbocycles. The molecule has 2 unspecified atom stereocenters. The van der Waals surface area contributed by atoms with Crippen LogP contribution in [0, 0.1) is 6.92 Å². The molecule has 0 aliphatic carbocycles. The van der Waals surface area contributed by atoms with Crippen LogP contribution in [0.5, 0.6) is 0 Å². The fourth-order valence-electron chi connectivity index (χ4n) is 2.18. The van der Waals surface area contributed by atoms with E-state index in [9.17, 15) is 8.42 Å². The van der Waals surface area contributed by atoms with Crippen molar-refractivity contribution < 1.29 is 13.2 Å². The van der Waals surface area contributed by atoms with Crippen molar-refractivity contribution in [2.24, 2.45) is 5.73 Å². The van der Waals surface area contributed by atoms with Crippen molar-refractivity contribution in [3.63, 3.8) is 0 Å². The molecule has 2 atom stereocenters. The number of aryl methyl sites for hydroxylation is 1. The monoisotopic (exact) mass is 284 g/mol. The van der Waals surface area contributed by atoms with Crippen LogP contribution in [-0.4, -0.2) is 44.6 Å². The number of nitrogens with two attached hydrogens (primary N) is 1. The Labute approximate surface area is 114 Å². The Kier molecular flexibility index (Phi) is 4.25. The predicted octanol–water partition coefficient (Wildman–Crippen LogP) is 0.732. The number of morpholine rings is 1. The van der Waals surface area contributed by atoms with Gasteiger partial charge in [-0.3, -0.25) is 0 Å². The molecule has 19 heavy (non-hydrogen) atoms. The second-order valence-corrected chi connectivity index (χ2v) is 6.82. The van der Waals surface area contributed by atoms with E-state index in [0.717, 1.165) is 5.56 Å². The van der Waals surface area contributed by atoms with E-state index in [1.54, 1.807) is 18.2 Å². The second kappa shape index (κ2) is 5.58. The van der Waals surface area contributed by atoms with Gasteiger partial charge in [-0.2, -0.15) is 4.31 Å².